The van der Waals surface area contributed by atoms with Gasteiger partial charge < -0.3 is 22.4 Å². The Morgan fingerprint density at radius 1 is 1.25 bits per heavy atom. The molecule has 8 heteroatoms. The Hall–Kier alpha value is -2.30. The predicted molar refractivity (Wildman–Crippen MR) is 107 cm³/mol. The first kappa shape index (κ1) is 23.7. The number of nitrogens with one attached hydrogen (secondary N) is 1. The number of rotatable bonds is 5. The van der Waals surface area contributed by atoms with Crippen LogP contribution in [0.5, 0.6) is 5.75 Å². The number of benzene rings is 2. The third-order valence-electron chi connectivity index (χ3n) is 3.95. The Balaban J connectivity index is 0.00000196. The van der Waals surface area contributed by atoms with Gasteiger partial charge >= 0.3 is 31.1 Å². The van der Waals surface area contributed by atoms with Crippen molar-refractivity contribution in [3.05, 3.63) is 67.3 Å². The third kappa shape index (κ3) is 5.15. The van der Waals surface area contributed by atoms with Crippen LogP contribution in [0, 0.1) is 51.5 Å². The van der Waals surface area contributed by atoms with Crippen LogP contribution in [0.4, 0.5) is 11.4 Å². The van der Waals surface area contributed by atoms with Gasteiger partial charge in [0.05, 0.1) is 12.8 Å². The first-order valence-electron chi connectivity index (χ1n) is 8.06. The Bertz CT molecular complexity index is 940. The van der Waals surface area contributed by atoms with Crippen molar-refractivity contribution in [2.75, 3.05) is 31.4 Å². The van der Waals surface area contributed by atoms with Crippen LogP contribution in [0.25, 0.3) is 5.69 Å². The normalized spacial score (nSPS) is 9.71. The summed E-state index contributed by atoms with van der Waals surface area (Å²) in [5.41, 5.74) is 3.23. The number of hydrogen-bond donors (Lipinski definition) is 1. The van der Waals surface area contributed by atoms with Gasteiger partial charge in [-0.05, 0) is 30.8 Å². The minimum absolute atomic E-state index is 0. The van der Waals surface area contributed by atoms with Gasteiger partial charge in [-0.2, -0.15) is 12.1 Å². The molecule has 3 rings (SSSR count). The molecule has 28 heavy (non-hydrogen) atoms. The molecule has 7 nitrogen and oxygen atoms in total. The van der Waals surface area contributed by atoms with E-state index >= 15 is 0 Å². The molecule has 1 heterocycles. The van der Waals surface area contributed by atoms with Crippen molar-refractivity contribution >= 4 is 17.3 Å². The van der Waals surface area contributed by atoms with Gasteiger partial charge in [0.1, 0.15) is 0 Å². The zero-order valence-corrected chi connectivity index (χ0v) is 20.8. The maximum atomic E-state index is 12.6. The van der Waals surface area contributed by atoms with Crippen LogP contribution in [0.15, 0.2) is 42.5 Å². The standard InChI is InChI=1S/C19H20N5O2.CH3.U/c1-13-18(19(25)20-14-7-5-8-15(11-14)23(2)3)21-22-24(13)16-9-6-10-17(12-16)26-4;;/h5-8,10-12H,1-4H3,(H,20,25);1H3;/q2*-1;+2. The molecule has 0 saturated heterocycles. The summed E-state index contributed by atoms with van der Waals surface area (Å²) in [7, 11) is 5.48. The van der Waals surface area contributed by atoms with Gasteiger partial charge in [0, 0.05) is 31.2 Å². The number of hydrogen-bond acceptors (Lipinski definition) is 5. The van der Waals surface area contributed by atoms with Gasteiger partial charge in [-0.25, -0.2) is 4.68 Å². The van der Waals surface area contributed by atoms with E-state index in [1.54, 1.807) is 36.9 Å². The molecule has 3 aromatic rings. The molecule has 2 aromatic carbocycles. The third-order valence-corrected chi connectivity index (χ3v) is 3.95. The topological polar surface area (TPSA) is 72.3 Å². The molecular formula is C20H23N5O2U. The van der Waals surface area contributed by atoms with Crippen molar-refractivity contribution in [3.63, 3.8) is 0 Å². The van der Waals surface area contributed by atoms with Crippen LogP contribution >= 0.6 is 0 Å². The Kier molecular flexibility index (Phi) is 8.73. The molecule has 0 aliphatic heterocycles. The molecule has 0 aliphatic carbocycles. The van der Waals surface area contributed by atoms with Gasteiger partial charge in [-0.1, -0.05) is 11.3 Å². The summed E-state index contributed by atoms with van der Waals surface area (Å²) in [6, 6.07) is 16.0. The van der Waals surface area contributed by atoms with E-state index in [1.165, 1.54) is 0 Å². The van der Waals surface area contributed by atoms with E-state index in [0.29, 0.717) is 22.8 Å². The van der Waals surface area contributed by atoms with E-state index in [1.807, 2.05) is 43.3 Å². The van der Waals surface area contributed by atoms with Crippen LogP contribution in [0.1, 0.15) is 16.2 Å². The largest absolute Gasteiger partial charge is 2.00 e. The van der Waals surface area contributed by atoms with Crippen LogP contribution in [-0.2, 0) is 0 Å². The minimum atomic E-state index is -0.312. The van der Waals surface area contributed by atoms with E-state index in [0.717, 1.165) is 5.69 Å². The summed E-state index contributed by atoms with van der Waals surface area (Å²) in [6.07, 6.45) is 0. The molecule has 0 fully saturated rings. The number of carbonyl (C=O) groups is 1. The summed E-state index contributed by atoms with van der Waals surface area (Å²) >= 11 is 0. The molecular weight excluding hydrogens is 580 g/mol. The number of amides is 1. The number of methoxy groups -OCH3 is 1. The number of nitrogens with zero attached hydrogens (tertiary/aromatic N) is 4. The molecule has 0 aliphatic rings. The first-order chi connectivity index (χ1) is 12.5. The minimum Gasteiger partial charge on any atom is -0.522 e. The number of carbonyl (C=O) groups excluding carboxylic acids is 1. The fourth-order valence-electron chi connectivity index (χ4n) is 2.50. The van der Waals surface area contributed by atoms with Crippen molar-refractivity contribution in [1.29, 1.82) is 0 Å². The van der Waals surface area contributed by atoms with Crippen LogP contribution in [0.2, 0.25) is 0 Å². The fraction of sp³-hybridized carbons (Fsp3) is 0.200. The Morgan fingerprint density at radius 2 is 2.00 bits per heavy atom. The molecule has 0 radical (unpaired) electrons. The number of ether oxygens (including phenoxy) is 1. The quantitative estimate of drug-likeness (QED) is 0.454. The maximum absolute atomic E-state index is 12.6. The van der Waals surface area contributed by atoms with E-state index in [2.05, 4.69) is 21.7 Å². The average Bonchev–Trinajstić information content (AvgIpc) is 3.03. The van der Waals surface area contributed by atoms with Crippen LogP contribution in [-0.4, -0.2) is 42.1 Å². The fourth-order valence-corrected chi connectivity index (χ4v) is 2.50. The van der Waals surface area contributed by atoms with Crippen molar-refractivity contribution in [1.82, 2.24) is 15.0 Å². The van der Waals surface area contributed by atoms with E-state index in [-0.39, 0.29) is 50.1 Å². The Morgan fingerprint density at radius 3 is 2.68 bits per heavy atom. The zero-order valence-electron chi connectivity index (χ0n) is 16.6. The van der Waals surface area contributed by atoms with Gasteiger partial charge in [0.2, 0.25) is 0 Å². The molecule has 0 saturated carbocycles. The van der Waals surface area contributed by atoms with Crippen LogP contribution < -0.4 is 15.0 Å². The van der Waals surface area contributed by atoms with Gasteiger partial charge in [-0.15, -0.1) is 17.2 Å². The molecule has 144 valence electrons. The summed E-state index contributed by atoms with van der Waals surface area (Å²) in [5, 5.41) is 11.0. The average molecular weight is 603 g/mol. The van der Waals surface area contributed by atoms with Gasteiger partial charge in [-0.3, -0.25) is 4.79 Å². The van der Waals surface area contributed by atoms with Gasteiger partial charge in [0.25, 0.3) is 5.91 Å². The summed E-state index contributed by atoms with van der Waals surface area (Å²) in [6.45, 7) is 1.79. The maximum Gasteiger partial charge on any atom is 2.00 e. The number of anilines is 2. The second kappa shape index (κ2) is 10.3. The molecule has 0 bridgehead atoms. The molecule has 1 aromatic heterocycles. The molecule has 0 spiro atoms. The molecule has 1 amide bonds. The van der Waals surface area contributed by atoms with E-state index in [4.69, 9.17) is 4.74 Å². The second-order valence-corrected chi connectivity index (χ2v) is 5.95. The van der Waals surface area contributed by atoms with Crippen LogP contribution in [0.3, 0.4) is 0 Å². The van der Waals surface area contributed by atoms with Crippen molar-refractivity contribution < 1.29 is 40.6 Å². The molecule has 1 N–H and O–H groups in total. The molecule has 0 unspecified atom stereocenters. The zero-order chi connectivity index (χ0) is 18.7. The Labute approximate surface area is 189 Å². The summed E-state index contributed by atoms with van der Waals surface area (Å²) < 4.78 is 6.78. The van der Waals surface area contributed by atoms with E-state index in [9.17, 15) is 4.79 Å². The first-order valence-corrected chi connectivity index (χ1v) is 8.06. The van der Waals surface area contributed by atoms with Crippen molar-refractivity contribution in [2.45, 2.75) is 6.92 Å². The predicted octanol–water partition coefficient (Wildman–Crippen LogP) is 3.15. The number of aromatic nitrogens is 3. The van der Waals surface area contributed by atoms with Gasteiger partial charge in [0.15, 0.2) is 5.69 Å². The summed E-state index contributed by atoms with van der Waals surface area (Å²) in [4.78, 5) is 14.6. The smallest absolute Gasteiger partial charge is 0.522 e. The SMILES string of the molecule is COc1cc[c-]c(-n2nnc(C(=O)Nc3cccc(N(C)C)c3)c2C)c1.[CH3-].[U+2]. The monoisotopic (exact) mass is 603 g/mol. The molecule has 0 atom stereocenters. The van der Waals surface area contributed by atoms with Crippen molar-refractivity contribution in [2.24, 2.45) is 0 Å². The second-order valence-electron chi connectivity index (χ2n) is 5.95. The van der Waals surface area contributed by atoms with Crippen molar-refractivity contribution in [3.8, 4) is 11.4 Å². The summed E-state index contributed by atoms with van der Waals surface area (Å²) in [5.74, 6) is 0.368. The van der Waals surface area contributed by atoms with E-state index < -0.39 is 0 Å².